The van der Waals surface area contributed by atoms with Crippen molar-refractivity contribution in [2.24, 2.45) is 5.92 Å². The first-order valence-electron chi connectivity index (χ1n) is 10.8. The van der Waals surface area contributed by atoms with Crippen molar-refractivity contribution in [2.45, 2.75) is 66.5 Å². The fourth-order valence-electron chi connectivity index (χ4n) is 3.37. The molecule has 0 aliphatic carbocycles. The summed E-state index contributed by atoms with van der Waals surface area (Å²) in [5, 5.41) is 3.00. The van der Waals surface area contributed by atoms with Crippen LogP contribution in [0.1, 0.15) is 64.2 Å². The molecule has 2 N–H and O–H groups in total. The summed E-state index contributed by atoms with van der Waals surface area (Å²) in [5.74, 6) is 1.54. The summed E-state index contributed by atoms with van der Waals surface area (Å²) in [7, 11) is 1.62. The van der Waals surface area contributed by atoms with Crippen LogP contribution in [0.4, 0.5) is 4.79 Å². The topological polar surface area (TPSA) is 87.3 Å². The van der Waals surface area contributed by atoms with E-state index in [1.165, 1.54) is 0 Å². The van der Waals surface area contributed by atoms with E-state index < -0.39 is 0 Å². The molecule has 0 atom stereocenters. The molecule has 1 heterocycles. The van der Waals surface area contributed by atoms with E-state index in [0.29, 0.717) is 30.8 Å². The van der Waals surface area contributed by atoms with Crippen LogP contribution in [0.15, 0.2) is 29.1 Å². The number of carbonyl (C=O) groups is 1. The Hall–Kier alpha value is -2.83. The quantitative estimate of drug-likeness (QED) is 0.668. The third-order valence-electron chi connectivity index (χ3n) is 4.70. The predicted molar refractivity (Wildman–Crippen MR) is 124 cm³/mol. The molecular weight excluding hydrogens is 392 g/mol. The van der Waals surface area contributed by atoms with Crippen LogP contribution in [0.25, 0.3) is 0 Å². The van der Waals surface area contributed by atoms with Gasteiger partial charge in [-0.15, -0.1) is 0 Å². The van der Waals surface area contributed by atoms with Gasteiger partial charge in [-0.05, 0) is 50.8 Å². The molecule has 31 heavy (non-hydrogen) atoms. The summed E-state index contributed by atoms with van der Waals surface area (Å²) >= 11 is 0. The smallest absolute Gasteiger partial charge is 0.318 e. The van der Waals surface area contributed by atoms with E-state index in [1.807, 2.05) is 52.0 Å². The number of aromatic amines is 1. The van der Waals surface area contributed by atoms with E-state index >= 15 is 0 Å². The Morgan fingerprint density at radius 1 is 1.29 bits per heavy atom. The molecule has 2 amide bonds. The van der Waals surface area contributed by atoms with Gasteiger partial charge in [-0.3, -0.25) is 4.79 Å². The number of aromatic nitrogens is 2. The van der Waals surface area contributed by atoms with E-state index in [-0.39, 0.29) is 29.6 Å². The molecule has 170 valence electrons. The highest BCUT2D eigenvalue weighted by molar-refractivity contribution is 5.74. The van der Waals surface area contributed by atoms with Crippen molar-refractivity contribution in [3.05, 3.63) is 57.3 Å². The molecule has 1 aromatic carbocycles. The molecule has 0 aliphatic heterocycles. The van der Waals surface area contributed by atoms with E-state index in [2.05, 4.69) is 24.1 Å². The molecule has 7 heteroatoms. The summed E-state index contributed by atoms with van der Waals surface area (Å²) in [6.07, 6.45) is 1.11. The number of benzene rings is 1. The van der Waals surface area contributed by atoms with Gasteiger partial charge >= 0.3 is 6.03 Å². The second kappa shape index (κ2) is 10.5. The zero-order valence-electron chi connectivity index (χ0n) is 19.8. The number of aryl methyl sites for hydroxylation is 1. The average Bonchev–Trinajstić information content (AvgIpc) is 2.67. The number of nitrogens with zero attached hydrogens (tertiary/aromatic N) is 2. The van der Waals surface area contributed by atoms with E-state index in [1.54, 1.807) is 12.0 Å². The minimum Gasteiger partial charge on any atom is -0.497 e. The Bertz CT molecular complexity index is 945. The number of carbonyl (C=O) groups excluding carboxylic acids is 1. The second-order valence-corrected chi connectivity index (χ2v) is 9.27. The van der Waals surface area contributed by atoms with Crippen molar-refractivity contribution in [3.8, 4) is 5.75 Å². The molecule has 0 aliphatic rings. The van der Waals surface area contributed by atoms with Crippen LogP contribution in [0.5, 0.6) is 5.75 Å². The summed E-state index contributed by atoms with van der Waals surface area (Å²) in [5.41, 5.74) is 1.88. The van der Waals surface area contributed by atoms with Gasteiger partial charge in [0.15, 0.2) is 0 Å². The number of amides is 2. The largest absolute Gasteiger partial charge is 0.497 e. The van der Waals surface area contributed by atoms with Gasteiger partial charge in [0.05, 0.1) is 19.3 Å². The molecule has 2 rings (SSSR count). The predicted octanol–water partition coefficient (Wildman–Crippen LogP) is 3.90. The lowest BCUT2D eigenvalue weighted by Crippen LogP contribution is -2.49. The van der Waals surface area contributed by atoms with Crippen molar-refractivity contribution in [3.63, 3.8) is 0 Å². The molecule has 7 nitrogen and oxygen atoms in total. The van der Waals surface area contributed by atoms with Crippen molar-refractivity contribution < 1.29 is 9.53 Å². The molecule has 1 aromatic heterocycles. The Labute approximate surface area is 185 Å². The SMILES string of the molecule is CCc1nc(CN(CC(C)C)C(=O)NC(C)(C)C)[nH]c(=O)c1Cc1cccc(OC)c1. The van der Waals surface area contributed by atoms with Gasteiger partial charge in [0.1, 0.15) is 11.6 Å². The van der Waals surface area contributed by atoms with E-state index in [0.717, 1.165) is 17.0 Å². The number of nitrogens with one attached hydrogen (secondary N) is 2. The fourth-order valence-corrected chi connectivity index (χ4v) is 3.37. The molecule has 0 spiro atoms. The fraction of sp³-hybridized carbons (Fsp3) is 0.542. The van der Waals surface area contributed by atoms with Gasteiger partial charge in [0.2, 0.25) is 0 Å². The normalized spacial score (nSPS) is 11.5. The van der Waals surface area contributed by atoms with Gasteiger partial charge in [0, 0.05) is 24.1 Å². The average molecular weight is 429 g/mol. The number of hydrogen-bond donors (Lipinski definition) is 2. The first-order valence-corrected chi connectivity index (χ1v) is 10.8. The van der Waals surface area contributed by atoms with E-state index in [9.17, 15) is 9.59 Å². The van der Waals surface area contributed by atoms with Crippen LogP contribution < -0.4 is 15.6 Å². The van der Waals surface area contributed by atoms with Crippen molar-refractivity contribution in [1.82, 2.24) is 20.2 Å². The Morgan fingerprint density at radius 3 is 2.58 bits per heavy atom. The minimum atomic E-state index is -0.345. The van der Waals surface area contributed by atoms with E-state index in [4.69, 9.17) is 9.72 Å². The molecule has 0 saturated carbocycles. The standard InChI is InChI=1S/C24H36N4O3/c1-8-20-19(13-17-10-9-11-18(12-17)31-7)22(29)26-21(25-20)15-28(14-16(2)3)23(30)27-24(4,5)6/h9-12,16H,8,13-15H2,1-7H3,(H,27,30)(H,25,26,29). The first kappa shape index (κ1) is 24.4. The van der Waals surface area contributed by atoms with Crippen molar-refractivity contribution >= 4 is 6.03 Å². The lowest BCUT2D eigenvalue weighted by molar-refractivity contribution is 0.177. The highest BCUT2D eigenvalue weighted by atomic mass is 16.5. The monoisotopic (exact) mass is 428 g/mol. The number of urea groups is 1. The van der Waals surface area contributed by atoms with Gasteiger partial charge in [-0.2, -0.15) is 0 Å². The van der Waals surface area contributed by atoms with Crippen LogP contribution in [0, 0.1) is 5.92 Å². The Balaban J connectivity index is 2.31. The molecule has 0 bridgehead atoms. The van der Waals surface area contributed by atoms with Crippen LogP contribution in [-0.4, -0.2) is 40.1 Å². The molecule has 0 radical (unpaired) electrons. The van der Waals surface area contributed by atoms with Crippen LogP contribution in [0.3, 0.4) is 0 Å². The zero-order chi connectivity index (χ0) is 23.2. The number of methoxy groups -OCH3 is 1. The van der Waals surface area contributed by atoms with Gasteiger partial charge in [0.25, 0.3) is 5.56 Å². The van der Waals surface area contributed by atoms with Crippen LogP contribution in [0.2, 0.25) is 0 Å². The molecular formula is C24H36N4O3. The third kappa shape index (κ3) is 7.42. The van der Waals surface area contributed by atoms with Crippen LogP contribution in [-0.2, 0) is 19.4 Å². The lowest BCUT2D eigenvalue weighted by Gasteiger charge is -2.29. The number of hydrogen-bond acceptors (Lipinski definition) is 4. The van der Waals surface area contributed by atoms with Gasteiger partial charge < -0.3 is 19.9 Å². The first-order chi connectivity index (χ1) is 14.5. The minimum absolute atomic E-state index is 0.162. The van der Waals surface area contributed by atoms with Crippen LogP contribution >= 0.6 is 0 Å². The molecule has 2 aromatic rings. The van der Waals surface area contributed by atoms with Crippen molar-refractivity contribution in [1.29, 1.82) is 0 Å². The Kier molecular flexibility index (Phi) is 8.25. The summed E-state index contributed by atoms with van der Waals surface area (Å²) in [6.45, 7) is 12.8. The highest BCUT2D eigenvalue weighted by Crippen LogP contribution is 2.17. The summed E-state index contributed by atoms with van der Waals surface area (Å²) < 4.78 is 5.29. The molecule has 0 unspecified atom stereocenters. The number of ether oxygens (including phenoxy) is 1. The summed E-state index contributed by atoms with van der Waals surface area (Å²) in [4.78, 5) is 35.0. The zero-order valence-corrected chi connectivity index (χ0v) is 19.8. The second-order valence-electron chi connectivity index (χ2n) is 9.27. The highest BCUT2D eigenvalue weighted by Gasteiger charge is 2.22. The Morgan fingerprint density at radius 2 is 2.00 bits per heavy atom. The lowest BCUT2D eigenvalue weighted by atomic mass is 10.0. The maximum atomic E-state index is 12.9. The van der Waals surface area contributed by atoms with Crippen molar-refractivity contribution in [2.75, 3.05) is 13.7 Å². The molecule has 0 saturated heterocycles. The summed E-state index contributed by atoms with van der Waals surface area (Å²) in [6, 6.07) is 7.52. The number of rotatable bonds is 8. The maximum absolute atomic E-state index is 12.9. The maximum Gasteiger partial charge on any atom is 0.318 e. The third-order valence-corrected chi connectivity index (χ3v) is 4.70. The molecule has 0 fully saturated rings. The van der Waals surface area contributed by atoms with Gasteiger partial charge in [-0.1, -0.05) is 32.9 Å². The number of H-pyrrole nitrogens is 1. The van der Waals surface area contributed by atoms with Gasteiger partial charge in [-0.25, -0.2) is 9.78 Å².